The van der Waals surface area contributed by atoms with Crippen LogP contribution in [0.15, 0.2) is 55.3 Å². The third-order valence-corrected chi connectivity index (χ3v) is 5.81. The van der Waals surface area contributed by atoms with Crippen molar-refractivity contribution in [2.24, 2.45) is 0 Å². The molecule has 0 spiro atoms. The van der Waals surface area contributed by atoms with Crippen molar-refractivity contribution in [3.8, 4) is 17.0 Å². The summed E-state index contributed by atoms with van der Waals surface area (Å²) < 4.78 is 14.2. The van der Waals surface area contributed by atoms with Crippen LogP contribution in [0, 0.1) is 12.7 Å². The van der Waals surface area contributed by atoms with Crippen molar-refractivity contribution in [1.82, 2.24) is 9.97 Å². The number of benzene rings is 2. The van der Waals surface area contributed by atoms with Crippen molar-refractivity contribution in [3.05, 3.63) is 72.2 Å². The van der Waals surface area contributed by atoms with E-state index < -0.39 is 5.82 Å². The number of rotatable bonds is 7. The number of piperidine rings is 1. The standard InChI is InChI=1S/C26H27FN4O2/c1-3-21(32)14-19-13-18(7-9-22(19)27)25-17(2)16-28-26(30-25)29-20-8-10-24(33)23(15-20)31-11-5-4-6-12-31/h3,7-10,13,15-16,33H,1,4-6,11-12,14H2,2H3,(H,28,29,30). The van der Waals surface area contributed by atoms with Crippen LogP contribution in [0.3, 0.4) is 0 Å². The number of allylic oxidation sites excluding steroid dienone is 1. The van der Waals surface area contributed by atoms with Gasteiger partial charge in [0.25, 0.3) is 0 Å². The molecule has 4 rings (SSSR count). The van der Waals surface area contributed by atoms with Gasteiger partial charge in [0.2, 0.25) is 5.95 Å². The average molecular weight is 447 g/mol. The van der Waals surface area contributed by atoms with E-state index in [2.05, 4.69) is 26.8 Å². The number of anilines is 3. The van der Waals surface area contributed by atoms with Crippen LogP contribution >= 0.6 is 0 Å². The summed E-state index contributed by atoms with van der Waals surface area (Å²) in [4.78, 5) is 23.0. The lowest BCUT2D eigenvalue weighted by molar-refractivity contribution is -0.114. The fraction of sp³-hybridized carbons (Fsp3) is 0.269. The maximum atomic E-state index is 14.2. The highest BCUT2D eigenvalue weighted by Gasteiger charge is 2.16. The normalized spacial score (nSPS) is 13.6. The van der Waals surface area contributed by atoms with Gasteiger partial charge in [0, 0.05) is 37.0 Å². The van der Waals surface area contributed by atoms with Gasteiger partial charge in [-0.25, -0.2) is 14.4 Å². The highest BCUT2D eigenvalue weighted by molar-refractivity contribution is 5.91. The molecule has 33 heavy (non-hydrogen) atoms. The molecule has 0 unspecified atom stereocenters. The molecule has 3 aromatic rings. The fourth-order valence-electron chi connectivity index (χ4n) is 4.03. The predicted molar refractivity (Wildman–Crippen MR) is 129 cm³/mol. The molecule has 0 amide bonds. The summed E-state index contributed by atoms with van der Waals surface area (Å²) in [5, 5.41) is 13.6. The molecule has 0 aliphatic carbocycles. The number of aryl methyl sites for hydroxylation is 1. The molecule has 1 saturated heterocycles. The van der Waals surface area contributed by atoms with Crippen LogP contribution < -0.4 is 10.2 Å². The van der Waals surface area contributed by atoms with E-state index in [-0.39, 0.29) is 18.0 Å². The van der Waals surface area contributed by atoms with Crippen molar-refractivity contribution >= 4 is 23.1 Å². The Kier molecular flexibility index (Phi) is 6.68. The van der Waals surface area contributed by atoms with Crippen molar-refractivity contribution in [1.29, 1.82) is 0 Å². The van der Waals surface area contributed by atoms with Crippen LogP contribution in [0.5, 0.6) is 5.75 Å². The minimum atomic E-state index is -0.437. The van der Waals surface area contributed by atoms with E-state index in [0.29, 0.717) is 22.8 Å². The Hall–Kier alpha value is -3.74. The molecule has 1 aromatic heterocycles. The second-order valence-electron chi connectivity index (χ2n) is 8.25. The Morgan fingerprint density at radius 2 is 2.00 bits per heavy atom. The van der Waals surface area contributed by atoms with Gasteiger partial charge in [-0.2, -0.15) is 0 Å². The number of phenols is 1. The average Bonchev–Trinajstić information content (AvgIpc) is 2.83. The number of halogens is 1. The largest absolute Gasteiger partial charge is 0.506 e. The molecule has 2 aromatic carbocycles. The number of ketones is 1. The Morgan fingerprint density at radius 3 is 2.76 bits per heavy atom. The first-order chi connectivity index (χ1) is 15.9. The summed E-state index contributed by atoms with van der Waals surface area (Å²) >= 11 is 0. The first-order valence-corrected chi connectivity index (χ1v) is 11.1. The number of carbonyl (C=O) groups is 1. The smallest absolute Gasteiger partial charge is 0.227 e. The lowest BCUT2D eigenvalue weighted by Crippen LogP contribution is -2.29. The van der Waals surface area contributed by atoms with Gasteiger partial charge in [-0.15, -0.1) is 0 Å². The molecule has 170 valence electrons. The molecule has 0 atom stereocenters. The highest BCUT2D eigenvalue weighted by Crippen LogP contribution is 2.33. The molecular weight excluding hydrogens is 419 g/mol. The Bertz CT molecular complexity index is 1190. The summed E-state index contributed by atoms with van der Waals surface area (Å²) in [6.07, 6.45) is 6.28. The van der Waals surface area contributed by atoms with Gasteiger partial charge in [-0.05, 0) is 79.8 Å². The minimum absolute atomic E-state index is 0.0504. The highest BCUT2D eigenvalue weighted by atomic mass is 19.1. The summed E-state index contributed by atoms with van der Waals surface area (Å²) in [6, 6.07) is 9.99. The van der Waals surface area contributed by atoms with Gasteiger partial charge >= 0.3 is 0 Å². The Morgan fingerprint density at radius 1 is 1.21 bits per heavy atom. The molecule has 0 radical (unpaired) electrons. The van der Waals surface area contributed by atoms with Crippen LogP contribution in [0.1, 0.15) is 30.4 Å². The van der Waals surface area contributed by atoms with E-state index in [4.69, 9.17) is 0 Å². The number of nitrogens with one attached hydrogen (secondary N) is 1. The molecular formula is C26H27FN4O2. The number of hydrogen-bond donors (Lipinski definition) is 2. The zero-order valence-electron chi connectivity index (χ0n) is 18.6. The lowest BCUT2D eigenvalue weighted by Gasteiger charge is -2.29. The first kappa shape index (κ1) is 22.5. The van der Waals surface area contributed by atoms with Crippen molar-refractivity contribution in [3.63, 3.8) is 0 Å². The van der Waals surface area contributed by atoms with Gasteiger partial charge in [0.1, 0.15) is 11.6 Å². The van der Waals surface area contributed by atoms with E-state index in [9.17, 15) is 14.3 Å². The molecule has 2 heterocycles. The number of phenolic OH excluding ortho intramolecular Hbond substituents is 1. The van der Waals surface area contributed by atoms with E-state index in [1.54, 1.807) is 30.5 Å². The number of aromatic hydroxyl groups is 1. The number of aromatic nitrogens is 2. The van der Waals surface area contributed by atoms with Crippen molar-refractivity contribution < 1.29 is 14.3 Å². The van der Waals surface area contributed by atoms with Gasteiger partial charge < -0.3 is 15.3 Å². The molecule has 1 aliphatic heterocycles. The van der Waals surface area contributed by atoms with Gasteiger partial charge in [0.15, 0.2) is 5.78 Å². The van der Waals surface area contributed by atoms with Crippen LogP contribution in [-0.2, 0) is 11.2 Å². The Balaban J connectivity index is 1.61. The summed E-state index contributed by atoms with van der Waals surface area (Å²) in [7, 11) is 0. The quantitative estimate of drug-likeness (QED) is 0.377. The minimum Gasteiger partial charge on any atom is -0.506 e. The SMILES string of the molecule is C=CC(=O)Cc1cc(-c2nc(Nc3ccc(O)c(N4CCCCC4)c3)ncc2C)ccc1F. The molecule has 0 bridgehead atoms. The summed E-state index contributed by atoms with van der Waals surface area (Å²) in [6.45, 7) is 7.18. The van der Waals surface area contributed by atoms with Crippen molar-refractivity contribution in [2.75, 3.05) is 23.3 Å². The van der Waals surface area contributed by atoms with E-state index in [1.807, 2.05) is 13.0 Å². The summed E-state index contributed by atoms with van der Waals surface area (Å²) in [5.41, 5.74) is 4.03. The third kappa shape index (κ3) is 5.19. The molecule has 0 saturated carbocycles. The summed E-state index contributed by atoms with van der Waals surface area (Å²) in [5.74, 6) is -0.0437. The molecule has 1 aliphatic rings. The second kappa shape index (κ2) is 9.81. The zero-order chi connectivity index (χ0) is 23.4. The monoisotopic (exact) mass is 446 g/mol. The Labute approximate surface area is 192 Å². The van der Waals surface area contributed by atoms with Gasteiger partial charge in [-0.3, -0.25) is 4.79 Å². The van der Waals surface area contributed by atoms with Crippen LogP contribution in [-0.4, -0.2) is 33.9 Å². The third-order valence-electron chi connectivity index (χ3n) is 5.81. The van der Waals surface area contributed by atoms with Gasteiger partial charge in [-0.1, -0.05) is 6.58 Å². The lowest BCUT2D eigenvalue weighted by atomic mass is 10.0. The molecule has 7 heteroatoms. The fourth-order valence-corrected chi connectivity index (χ4v) is 4.03. The van der Waals surface area contributed by atoms with E-state index in [0.717, 1.165) is 42.9 Å². The predicted octanol–water partition coefficient (Wildman–Crippen LogP) is 5.33. The number of hydrogen-bond acceptors (Lipinski definition) is 6. The topological polar surface area (TPSA) is 78.3 Å². The molecule has 2 N–H and O–H groups in total. The molecule has 1 fully saturated rings. The second-order valence-corrected chi connectivity index (χ2v) is 8.25. The van der Waals surface area contributed by atoms with Crippen LogP contribution in [0.4, 0.5) is 21.7 Å². The number of nitrogens with zero attached hydrogens (tertiary/aromatic N) is 3. The first-order valence-electron chi connectivity index (χ1n) is 11.1. The molecule has 6 nitrogen and oxygen atoms in total. The van der Waals surface area contributed by atoms with Crippen molar-refractivity contribution in [2.45, 2.75) is 32.6 Å². The van der Waals surface area contributed by atoms with E-state index in [1.165, 1.54) is 18.6 Å². The van der Waals surface area contributed by atoms with Gasteiger partial charge in [0.05, 0.1) is 11.4 Å². The number of carbonyl (C=O) groups excluding carboxylic acids is 1. The maximum Gasteiger partial charge on any atom is 0.227 e. The van der Waals surface area contributed by atoms with E-state index >= 15 is 0 Å². The maximum absolute atomic E-state index is 14.2. The van der Waals surface area contributed by atoms with Crippen LogP contribution in [0.25, 0.3) is 11.3 Å². The van der Waals surface area contributed by atoms with Crippen LogP contribution in [0.2, 0.25) is 0 Å². The zero-order valence-corrected chi connectivity index (χ0v) is 18.6.